The molecule has 1 aromatic heterocycles. The molecule has 1 amide bonds. The molecular formula is C14H10FN3O3. The normalized spacial score (nSPS) is 10.5. The molecule has 0 bridgehead atoms. The van der Waals surface area contributed by atoms with E-state index in [2.05, 4.69) is 10.3 Å². The minimum absolute atomic E-state index is 0.0553. The lowest BCUT2D eigenvalue weighted by molar-refractivity contribution is -0.384. The van der Waals surface area contributed by atoms with Crippen LogP contribution >= 0.6 is 0 Å². The van der Waals surface area contributed by atoms with Crippen LogP contribution in [-0.2, 0) is 4.79 Å². The average molecular weight is 287 g/mol. The van der Waals surface area contributed by atoms with Crippen molar-refractivity contribution in [3.8, 4) is 0 Å². The number of rotatable bonds is 4. The highest BCUT2D eigenvalue weighted by molar-refractivity contribution is 6.01. The van der Waals surface area contributed by atoms with Gasteiger partial charge in [-0.05, 0) is 23.8 Å². The van der Waals surface area contributed by atoms with Crippen molar-refractivity contribution in [3.63, 3.8) is 0 Å². The quantitative estimate of drug-likeness (QED) is 0.405. The first kappa shape index (κ1) is 14.3. The van der Waals surface area contributed by atoms with Crippen LogP contribution in [0.5, 0.6) is 0 Å². The number of benzene rings is 1. The second-order valence-electron chi connectivity index (χ2n) is 4.04. The number of aromatic nitrogens is 1. The van der Waals surface area contributed by atoms with Crippen LogP contribution in [0, 0.1) is 16.1 Å². The Hall–Kier alpha value is -3.09. The van der Waals surface area contributed by atoms with Gasteiger partial charge in [-0.3, -0.25) is 14.9 Å². The number of nitro benzene ring substituents is 1. The number of hydrogen-bond acceptors (Lipinski definition) is 4. The number of halogens is 1. The van der Waals surface area contributed by atoms with Gasteiger partial charge in [-0.15, -0.1) is 0 Å². The van der Waals surface area contributed by atoms with Crippen LogP contribution in [0.4, 0.5) is 15.8 Å². The summed E-state index contributed by atoms with van der Waals surface area (Å²) in [6.45, 7) is 0. The molecule has 6 nitrogen and oxygen atoms in total. The maximum absolute atomic E-state index is 12.6. The second-order valence-corrected chi connectivity index (χ2v) is 4.04. The van der Waals surface area contributed by atoms with Crippen molar-refractivity contribution >= 4 is 23.4 Å². The van der Waals surface area contributed by atoms with Crippen molar-refractivity contribution in [1.82, 2.24) is 4.98 Å². The van der Waals surface area contributed by atoms with Crippen molar-refractivity contribution in [3.05, 3.63) is 70.3 Å². The van der Waals surface area contributed by atoms with Gasteiger partial charge in [-0.25, -0.2) is 4.98 Å². The van der Waals surface area contributed by atoms with Gasteiger partial charge in [-0.2, -0.15) is 4.39 Å². The Morgan fingerprint density at radius 1 is 1.33 bits per heavy atom. The predicted octanol–water partition coefficient (Wildman–Crippen LogP) is 2.78. The average Bonchev–Trinajstić information content (AvgIpc) is 2.48. The van der Waals surface area contributed by atoms with Gasteiger partial charge in [0.05, 0.1) is 16.8 Å². The number of carbonyl (C=O) groups is 1. The third kappa shape index (κ3) is 4.20. The second kappa shape index (κ2) is 6.38. The summed E-state index contributed by atoms with van der Waals surface area (Å²) in [6, 6.07) is 8.38. The van der Waals surface area contributed by atoms with E-state index >= 15 is 0 Å². The van der Waals surface area contributed by atoms with Crippen LogP contribution in [0.1, 0.15) is 5.56 Å². The van der Waals surface area contributed by atoms with E-state index in [1.54, 1.807) is 6.07 Å². The van der Waals surface area contributed by atoms with E-state index in [1.807, 2.05) is 0 Å². The van der Waals surface area contributed by atoms with E-state index < -0.39 is 16.8 Å². The van der Waals surface area contributed by atoms with Crippen LogP contribution in [-0.4, -0.2) is 15.8 Å². The Balaban J connectivity index is 2.03. The first-order valence-electron chi connectivity index (χ1n) is 5.90. The van der Waals surface area contributed by atoms with Crippen LogP contribution in [0.3, 0.4) is 0 Å². The third-order valence-corrected chi connectivity index (χ3v) is 2.50. The summed E-state index contributed by atoms with van der Waals surface area (Å²) in [5.41, 5.74) is 0.821. The van der Waals surface area contributed by atoms with E-state index in [9.17, 15) is 19.3 Å². The molecule has 1 aromatic carbocycles. The van der Waals surface area contributed by atoms with Gasteiger partial charge in [0.1, 0.15) is 0 Å². The molecule has 0 aliphatic carbocycles. The van der Waals surface area contributed by atoms with Crippen LogP contribution in [0.2, 0.25) is 0 Å². The first-order chi connectivity index (χ1) is 10.0. The fourth-order valence-electron chi connectivity index (χ4n) is 1.55. The molecule has 2 rings (SSSR count). The highest BCUT2D eigenvalue weighted by Gasteiger charge is 2.04. The molecule has 0 aliphatic heterocycles. The van der Waals surface area contributed by atoms with Crippen LogP contribution in [0.25, 0.3) is 6.08 Å². The molecule has 0 radical (unpaired) electrons. The van der Waals surface area contributed by atoms with E-state index in [4.69, 9.17) is 0 Å². The molecule has 1 heterocycles. The van der Waals surface area contributed by atoms with E-state index in [1.165, 1.54) is 42.6 Å². The van der Waals surface area contributed by atoms with Crippen molar-refractivity contribution in [2.45, 2.75) is 0 Å². The maximum atomic E-state index is 12.6. The van der Waals surface area contributed by atoms with Gasteiger partial charge >= 0.3 is 0 Å². The number of nitrogens with one attached hydrogen (secondary N) is 1. The molecule has 2 aromatic rings. The Morgan fingerprint density at radius 2 is 2.14 bits per heavy atom. The number of nitro groups is 1. The van der Waals surface area contributed by atoms with E-state index in [0.29, 0.717) is 11.3 Å². The number of amides is 1. The standard InChI is InChI=1S/C14H10FN3O3/c15-13-6-5-11(9-16-13)17-14(19)7-4-10-2-1-3-12(8-10)18(20)21/h1-9H,(H,17,19)/b7-4+. The first-order valence-corrected chi connectivity index (χ1v) is 5.90. The lowest BCUT2D eigenvalue weighted by Crippen LogP contribution is -2.08. The van der Waals surface area contributed by atoms with Gasteiger partial charge in [-0.1, -0.05) is 12.1 Å². The Bertz CT molecular complexity index is 699. The molecule has 1 N–H and O–H groups in total. The summed E-state index contributed by atoms with van der Waals surface area (Å²) in [6.07, 6.45) is 3.86. The molecule has 106 valence electrons. The number of non-ortho nitro benzene ring substituents is 1. The van der Waals surface area contributed by atoms with Gasteiger partial charge in [0, 0.05) is 18.2 Å². The smallest absolute Gasteiger partial charge is 0.270 e. The molecule has 0 saturated heterocycles. The maximum Gasteiger partial charge on any atom is 0.270 e. The third-order valence-electron chi connectivity index (χ3n) is 2.50. The molecule has 0 fully saturated rings. The molecule has 0 atom stereocenters. The topological polar surface area (TPSA) is 85.1 Å². The molecule has 0 saturated carbocycles. The van der Waals surface area contributed by atoms with Crippen molar-refractivity contribution in [2.24, 2.45) is 0 Å². The zero-order valence-corrected chi connectivity index (χ0v) is 10.7. The number of pyridine rings is 1. The lowest BCUT2D eigenvalue weighted by atomic mass is 10.2. The van der Waals surface area contributed by atoms with E-state index in [-0.39, 0.29) is 5.69 Å². The summed E-state index contributed by atoms with van der Waals surface area (Å²) < 4.78 is 12.6. The summed E-state index contributed by atoms with van der Waals surface area (Å²) in [7, 11) is 0. The monoisotopic (exact) mass is 287 g/mol. The summed E-state index contributed by atoms with van der Waals surface area (Å²) >= 11 is 0. The number of nitrogens with zero attached hydrogens (tertiary/aromatic N) is 2. The molecule has 0 unspecified atom stereocenters. The SMILES string of the molecule is O=C(/C=C/c1cccc([N+](=O)[O-])c1)Nc1ccc(F)nc1. The fourth-order valence-corrected chi connectivity index (χ4v) is 1.55. The van der Waals surface area contributed by atoms with Crippen molar-refractivity contribution in [1.29, 1.82) is 0 Å². The molecule has 21 heavy (non-hydrogen) atoms. The lowest BCUT2D eigenvalue weighted by Gasteiger charge is -2.00. The Morgan fingerprint density at radius 3 is 2.81 bits per heavy atom. The van der Waals surface area contributed by atoms with Crippen molar-refractivity contribution < 1.29 is 14.1 Å². The zero-order chi connectivity index (χ0) is 15.2. The van der Waals surface area contributed by atoms with E-state index in [0.717, 1.165) is 6.07 Å². The minimum Gasteiger partial charge on any atom is -0.321 e. The van der Waals surface area contributed by atoms with Crippen molar-refractivity contribution in [2.75, 3.05) is 5.32 Å². The highest BCUT2D eigenvalue weighted by Crippen LogP contribution is 2.14. The largest absolute Gasteiger partial charge is 0.321 e. The minimum atomic E-state index is -0.639. The summed E-state index contributed by atoms with van der Waals surface area (Å²) in [5.74, 6) is -1.09. The van der Waals surface area contributed by atoms with Gasteiger partial charge in [0.25, 0.3) is 5.69 Å². The van der Waals surface area contributed by atoms with Gasteiger partial charge < -0.3 is 5.32 Å². The molecular weight excluding hydrogens is 277 g/mol. The molecule has 0 aliphatic rings. The predicted molar refractivity (Wildman–Crippen MR) is 75.0 cm³/mol. The van der Waals surface area contributed by atoms with Crippen LogP contribution in [0.15, 0.2) is 48.7 Å². The number of carbonyl (C=O) groups excluding carboxylic acids is 1. The van der Waals surface area contributed by atoms with Crippen LogP contribution < -0.4 is 5.32 Å². The van der Waals surface area contributed by atoms with Gasteiger partial charge in [0.2, 0.25) is 11.9 Å². The summed E-state index contributed by atoms with van der Waals surface area (Å²) in [5, 5.41) is 13.1. The Kier molecular flexibility index (Phi) is 4.35. The number of anilines is 1. The Labute approximate surface area is 119 Å². The summed E-state index contributed by atoms with van der Waals surface area (Å²) in [4.78, 5) is 25.1. The van der Waals surface area contributed by atoms with Gasteiger partial charge in [0.15, 0.2) is 0 Å². The number of hydrogen-bond donors (Lipinski definition) is 1. The zero-order valence-electron chi connectivity index (χ0n) is 10.7. The molecule has 7 heteroatoms. The fraction of sp³-hybridized carbons (Fsp3) is 0. The molecule has 0 spiro atoms. The highest BCUT2D eigenvalue weighted by atomic mass is 19.1.